The van der Waals surface area contributed by atoms with Gasteiger partial charge in [-0.25, -0.2) is 4.98 Å². The van der Waals surface area contributed by atoms with Crippen molar-refractivity contribution >= 4 is 29.9 Å². The third kappa shape index (κ3) is 5.93. The summed E-state index contributed by atoms with van der Waals surface area (Å²) in [7, 11) is 1.84. The largest absolute Gasteiger partial charge is 0.375 e. The molecule has 8 heteroatoms. The highest BCUT2D eigenvalue weighted by atomic mass is 127. The van der Waals surface area contributed by atoms with Crippen LogP contribution in [0.4, 0.5) is 0 Å². The van der Waals surface area contributed by atoms with Crippen LogP contribution in [-0.2, 0) is 22.6 Å². The van der Waals surface area contributed by atoms with E-state index in [0.717, 1.165) is 51.6 Å². The smallest absolute Gasteiger partial charge is 0.194 e. The number of morpholine rings is 1. The molecule has 158 valence electrons. The lowest BCUT2D eigenvalue weighted by Gasteiger charge is -2.37. The van der Waals surface area contributed by atoms with E-state index in [4.69, 9.17) is 9.47 Å². The fourth-order valence-corrected chi connectivity index (χ4v) is 3.93. The predicted octanol–water partition coefficient (Wildman–Crippen LogP) is 2.50. The molecule has 2 fully saturated rings. The first-order valence-electron chi connectivity index (χ1n) is 10.0. The SMILES string of the molecule is CN=C(NCc1cccc(Cn2ccnc2)c1)N1CCOC(C2CCCO2)C1.I. The average molecular weight is 511 g/mol. The van der Waals surface area contributed by atoms with Crippen LogP contribution in [-0.4, -0.2) is 66.0 Å². The molecule has 4 rings (SSSR count). The maximum atomic E-state index is 5.96. The number of benzene rings is 1. The molecule has 1 aromatic heterocycles. The first-order valence-corrected chi connectivity index (χ1v) is 10.0. The Morgan fingerprint density at radius 2 is 2.10 bits per heavy atom. The maximum Gasteiger partial charge on any atom is 0.194 e. The number of ether oxygens (including phenoxy) is 2. The molecule has 2 aromatic rings. The lowest BCUT2D eigenvalue weighted by atomic mass is 10.1. The Bertz CT molecular complexity index is 777. The normalized spacial score (nSPS) is 22.4. The number of nitrogens with one attached hydrogen (secondary N) is 1. The molecular weight excluding hydrogens is 481 g/mol. The first-order chi connectivity index (χ1) is 13.8. The lowest BCUT2D eigenvalue weighted by molar-refractivity contribution is -0.0817. The van der Waals surface area contributed by atoms with E-state index in [1.165, 1.54) is 11.1 Å². The minimum atomic E-state index is 0. The molecule has 1 N–H and O–H groups in total. The predicted molar refractivity (Wildman–Crippen MR) is 124 cm³/mol. The molecule has 0 spiro atoms. The molecule has 29 heavy (non-hydrogen) atoms. The van der Waals surface area contributed by atoms with Gasteiger partial charge in [-0.3, -0.25) is 4.99 Å². The molecular formula is C21H30IN5O2. The second-order valence-electron chi connectivity index (χ2n) is 7.36. The van der Waals surface area contributed by atoms with E-state index in [2.05, 4.69) is 49.0 Å². The van der Waals surface area contributed by atoms with Crippen molar-refractivity contribution in [3.8, 4) is 0 Å². The fourth-order valence-electron chi connectivity index (χ4n) is 3.93. The van der Waals surface area contributed by atoms with Crippen molar-refractivity contribution in [1.29, 1.82) is 0 Å². The van der Waals surface area contributed by atoms with E-state index in [1.807, 2.05) is 25.8 Å². The Labute approximate surface area is 189 Å². The number of imidazole rings is 1. The molecule has 0 saturated carbocycles. The van der Waals surface area contributed by atoms with Gasteiger partial charge in [0.1, 0.15) is 6.10 Å². The van der Waals surface area contributed by atoms with Gasteiger partial charge in [-0.2, -0.15) is 0 Å². The summed E-state index contributed by atoms with van der Waals surface area (Å²) >= 11 is 0. The van der Waals surface area contributed by atoms with Crippen LogP contribution >= 0.6 is 24.0 Å². The summed E-state index contributed by atoms with van der Waals surface area (Å²) in [5.41, 5.74) is 2.50. The van der Waals surface area contributed by atoms with E-state index in [-0.39, 0.29) is 36.2 Å². The Balaban J connectivity index is 0.00000240. The summed E-state index contributed by atoms with van der Waals surface area (Å²) < 4.78 is 13.9. The average Bonchev–Trinajstić information content (AvgIpc) is 3.43. The Hall–Kier alpha value is -1.65. The number of aliphatic imine (C=N–C) groups is 1. The minimum absolute atomic E-state index is 0. The third-order valence-corrected chi connectivity index (χ3v) is 5.35. The van der Waals surface area contributed by atoms with Crippen molar-refractivity contribution < 1.29 is 9.47 Å². The number of hydrogen-bond acceptors (Lipinski definition) is 4. The van der Waals surface area contributed by atoms with E-state index >= 15 is 0 Å². The van der Waals surface area contributed by atoms with Crippen molar-refractivity contribution in [2.45, 2.75) is 38.1 Å². The Morgan fingerprint density at radius 1 is 1.24 bits per heavy atom. The standard InChI is InChI=1S/C21H29N5O2.HI/c1-22-21(26-9-11-28-20(15-26)19-6-3-10-27-19)24-13-17-4-2-5-18(12-17)14-25-8-7-23-16-25;/h2,4-5,7-8,12,16,19-20H,3,6,9-11,13-15H2,1H3,(H,22,24);1H. The molecule has 7 nitrogen and oxygen atoms in total. The molecule has 0 radical (unpaired) electrons. The monoisotopic (exact) mass is 511 g/mol. The Kier molecular flexibility index (Phi) is 8.31. The number of aromatic nitrogens is 2. The van der Waals surface area contributed by atoms with E-state index in [0.29, 0.717) is 6.61 Å². The van der Waals surface area contributed by atoms with Gasteiger partial charge >= 0.3 is 0 Å². The topological polar surface area (TPSA) is 63.9 Å². The van der Waals surface area contributed by atoms with Gasteiger partial charge in [0, 0.05) is 52.2 Å². The van der Waals surface area contributed by atoms with Crippen molar-refractivity contribution in [2.24, 2.45) is 4.99 Å². The third-order valence-electron chi connectivity index (χ3n) is 5.35. The zero-order valence-electron chi connectivity index (χ0n) is 16.9. The second kappa shape index (κ2) is 10.9. The zero-order valence-corrected chi connectivity index (χ0v) is 19.2. The van der Waals surface area contributed by atoms with Crippen molar-refractivity contribution in [3.63, 3.8) is 0 Å². The molecule has 2 saturated heterocycles. The van der Waals surface area contributed by atoms with E-state index in [1.54, 1.807) is 0 Å². The molecule has 1 aromatic carbocycles. The van der Waals surface area contributed by atoms with E-state index < -0.39 is 0 Å². The molecule has 0 amide bonds. The Morgan fingerprint density at radius 3 is 2.86 bits per heavy atom. The summed E-state index contributed by atoms with van der Waals surface area (Å²) in [6.45, 7) is 4.81. The van der Waals surface area contributed by atoms with Crippen LogP contribution in [0.15, 0.2) is 48.0 Å². The van der Waals surface area contributed by atoms with Gasteiger partial charge in [-0.1, -0.05) is 24.3 Å². The van der Waals surface area contributed by atoms with Crippen LogP contribution in [0.3, 0.4) is 0 Å². The molecule has 2 aliphatic heterocycles. The van der Waals surface area contributed by atoms with Crippen LogP contribution in [0.2, 0.25) is 0 Å². The molecule has 0 aliphatic carbocycles. The van der Waals surface area contributed by atoms with E-state index in [9.17, 15) is 0 Å². The highest BCUT2D eigenvalue weighted by molar-refractivity contribution is 14.0. The zero-order chi connectivity index (χ0) is 19.2. The van der Waals surface area contributed by atoms with Gasteiger partial charge in [0.2, 0.25) is 0 Å². The van der Waals surface area contributed by atoms with Gasteiger partial charge in [-0.15, -0.1) is 24.0 Å². The van der Waals surface area contributed by atoms with Gasteiger partial charge in [0.05, 0.1) is 19.0 Å². The van der Waals surface area contributed by atoms with Gasteiger partial charge in [0.25, 0.3) is 0 Å². The number of rotatable bonds is 5. The highest BCUT2D eigenvalue weighted by Gasteiger charge is 2.32. The molecule has 2 unspecified atom stereocenters. The van der Waals surface area contributed by atoms with Crippen LogP contribution in [0.5, 0.6) is 0 Å². The quantitative estimate of drug-likeness (QED) is 0.380. The highest BCUT2D eigenvalue weighted by Crippen LogP contribution is 2.21. The van der Waals surface area contributed by atoms with Crippen molar-refractivity contribution in [2.75, 3.05) is 33.4 Å². The van der Waals surface area contributed by atoms with Gasteiger partial charge in [-0.05, 0) is 24.0 Å². The lowest BCUT2D eigenvalue weighted by Crippen LogP contribution is -2.53. The van der Waals surface area contributed by atoms with Crippen molar-refractivity contribution in [1.82, 2.24) is 19.8 Å². The molecule has 2 aliphatic rings. The second-order valence-corrected chi connectivity index (χ2v) is 7.36. The van der Waals surface area contributed by atoms with Crippen LogP contribution in [0.1, 0.15) is 24.0 Å². The van der Waals surface area contributed by atoms with Crippen LogP contribution in [0.25, 0.3) is 0 Å². The number of nitrogens with zero attached hydrogens (tertiary/aromatic N) is 4. The summed E-state index contributed by atoms with van der Waals surface area (Å²) in [6, 6.07) is 8.63. The maximum absolute atomic E-state index is 5.96. The fraction of sp³-hybridized carbons (Fsp3) is 0.524. The van der Waals surface area contributed by atoms with Crippen LogP contribution in [0, 0.1) is 0 Å². The minimum Gasteiger partial charge on any atom is -0.375 e. The molecule has 3 heterocycles. The summed E-state index contributed by atoms with van der Waals surface area (Å²) in [5.74, 6) is 0.923. The van der Waals surface area contributed by atoms with Crippen LogP contribution < -0.4 is 5.32 Å². The molecule has 2 atom stereocenters. The summed E-state index contributed by atoms with van der Waals surface area (Å²) in [6.07, 6.45) is 8.21. The molecule has 0 bridgehead atoms. The number of hydrogen-bond donors (Lipinski definition) is 1. The summed E-state index contributed by atoms with van der Waals surface area (Å²) in [5, 5.41) is 3.51. The van der Waals surface area contributed by atoms with Gasteiger partial charge < -0.3 is 24.3 Å². The first kappa shape index (κ1) is 22.0. The van der Waals surface area contributed by atoms with Gasteiger partial charge in [0.15, 0.2) is 5.96 Å². The summed E-state index contributed by atoms with van der Waals surface area (Å²) in [4.78, 5) is 10.9. The number of guanidine groups is 1. The van der Waals surface area contributed by atoms with Crippen molar-refractivity contribution in [3.05, 3.63) is 54.1 Å². The number of halogens is 1.